The van der Waals surface area contributed by atoms with Gasteiger partial charge in [-0.3, -0.25) is 0 Å². The summed E-state index contributed by atoms with van der Waals surface area (Å²) in [6.07, 6.45) is 0. The molecule has 9 nitrogen and oxygen atoms in total. The predicted octanol–water partition coefficient (Wildman–Crippen LogP) is 18.4. The molecule has 12 heteroatoms. The quantitative estimate of drug-likeness (QED) is 0.0896. The molecule has 0 aliphatic carbocycles. The van der Waals surface area contributed by atoms with Crippen LogP contribution in [0.1, 0.15) is 74.9 Å². The van der Waals surface area contributed by atoms with Gasteiger partial charge in [-0.2, -0.15) is 4.74 Å². The Hall–Kier alpha value is -6.75. The van der Waals surface area contributed by atoms with E-state index in [4.69, 9.17) is 41.1 Å². The fraction of sp³-hybridized carbons (Fsp3) is 0.200. The molecule has 368 valence electrons. The molecular weight excluding hydrogens is 952 g/mol. The van der Waals surface area contributed by atoms with Crippen molar-refractivity contribution in [1.82, 2.24) is 0 Å². The van der Waals surface area contributed by atoms with Crippen LogP contribution in [0.4, 0.5) is 0 Å². The van der Waals surface area contributed by atoms with Gasteiger partial charge in [0.25, 0.3) is 0 Å². The summed E-state index contributed by atoms with van der Waals surface area (Å²) in [5.74, 6) is 1.43. The molecule has 0 aromatic heterocycles. The fourth-order valence-corrected chi connectivity index (χ4v) is 17.4. The molecule has 8 aromatic rings. The normalized spacial score (nSPS) is 19.7. The van der Waals surface area contributed by atoms with E-state index in [0.717, 1.165) is 11.1 Å². The first-order valence-corrected chi connectivity index (χ1v) is 29.1. The van der Waals surface area contributed by atoms with Crippen molar-refractivity contribution in [2.75, 3.05) is 0 Å². The van der Waals surface area contributed by atoms with Crippen molar-refractivity contribution < 1.29 is 27.1 Å². The lowest BCUT2D eigenvalue weighted by atomic mass is 9.78. The number of hydrogen-bond acceptors (Lipinski definition) is 9. The highest BCUT2D eigenvalue weighted by molar-refractivity contribution is 7.70. The standard InChI is InChI=1S/C60H62N3O6P3/c1-45-29-33-49(34-30-45)59(5,6)51-37-41-57(42-38-51)65-70(64-53-21-13-9-14-22-53)48(4)62-72(68-55-25-17-11-18-26-55,69-56-27-19-12-20-28-56)63-71(47(3)61-70,66-54-23-15-10-16-24-54)67-58-43-39-52(40-44-58)60(7,8)50-35-31-46(2)32-36-50/h9-44,47-48H,1-8H3. The summed E-state index contributed by atoms with van der Waals surface area (Å²) >= 11 is 0. The molecule has 0 N–H and O–H groups in total. The topological polar surface area (TPSA) is 92.5 Å². The van der Waals surface area contributed by atoms with Gasteiger partial charge >= 0.3 is 22.7 Å². The highest BCUT2D eigenvalue weighted by atomic mass is 31.2. The van der Waals surface area contributed by atoms with E-state index >= 15 is 0 Å². The lowest BCUT2D eigenvalue weighted by molar-refractivity contribution is 0.432. The van der Waals surface area contributed by atoms with Gasteiger partial charge in [-0.25, -0.2) is 4.74 Å². The Morgan fingerprint density at radius 2 is 0.583 bits per heavy atom. The second-order valence-corrected chi connectivity index (χ2v) is 26.0. The first kappa shape index (κ1) is 50.2. The minimum Gasteiger partial charge on any atom is -0.429 e. The van der Waals surface area contributed by atoms with E-state index in [-0.39, 0.29) is 10.8 Å². The first-order chi connectivity index (χ1) is 34.6. The van der Waals surface area contributed by atoms with Gasteiger partial charge in [-0.1, -0.05) is 184 Å². The Kier molecular flexibility index (Phi) is 14.7. The van der Waals surface area contributed by atoms with Gasteiger partial charge in [-0.05, 0) is 123 Å². The third-order valence-corrected chi connectivity index (χ3v) is 21.4. The second kappa shape index (κ2) is 21.1. The summed E-state index contributed by atoms with van der Waals surface area (Å²) in [4.78, 5) is 0. The maximum Gasteiger partial charge on any atom is 0.449 e. The zero-order chi connectivity index (χ0) is 50.4. The Morgan fingerprint density at radius 3 is 0.917 bits per heavy atom. The minimum absolute atomic E-state index is 0.290. The van der Waals surface area contributed by atoms with Crippen LogP contribution in [0, 0.1) is 13.8 Å². The highest BCUT2D eigenvalue weighted by Crippen LogP contribution is 2.73. The summed E-state index contributed by atoms with van der Waals surface area (Å²) in [6.45, 7) is 17.0. The van der Waals surface area contributed by atoms with E-state index in [9.17, 15) is 0 Å². The van der Waals surface area contributed by atoms with Crippen LogP contribution < -0.4 is 27.1 Å². The Morgan fingerprint density at radius 1 is 0.319 bits per heavy atom. The fourth-order valence-electron chi connectivity index (χ4n) is 8.40. The SMILES string of the molecule is Cc1ccc(C(C)(C)c2ccc(OP3(Oc4ccccc4)=NC(C)P(Oc4ccccc4)(Oc4ccc(C(C)(C)c5ccc(C)cc5)cc4)=NP(Oc4ccccc4)(Oc4ccccc4)=NC3C)cc2)cc1. The first-order valence-electron chi connectivity index (χ1n) is 24.2. The van der Waals surface area contributed by atoms with E-state index in [1.807, 2.05) is 159 Å². The van der Waals surface area contributed by atoms with Gasteiger partial charge in [0.05, 0.1) is 0 Å². The van der Waals surface area contributed by atoms with Crippen LogP contribution in [0.3, 0.4) is 0 Å². The number of rotatable bonds is 16. The van der Waals surface area contributed by atoms with Crippen molar-refractivity contribution in [3.05, 3.63) is 252 Å². The Labute approximate surface area is 425 Å². The van der Waals surface area contributed by atoms with E-state index in [2.05, 4.69) is 114 Å². The molecule has 0 radical (unpaired) electrons. The Balaban J connectivity index is 1.27. The van der Waals surface area contributed by atoms with Crippen LogP contribution in [0.25, 0.3) is 0 Å². The van der Waals surface area contributed by atoms with Crippen molar-refractivity contribution >= 4 is 22.7 Å². The summed E-state index contributed by atoms with van der Waals surface area (Å²) in [6, 6.07) is 71.8. The number of aryl methyl sites for hydroxylation is 2. The van der Waals surface area contributed by atoms with E-state index < -0.39 is 34.2 Å². The Bertz CT molecular complexity index is 3200. The molecule has 4 unspecified atom stereocenters. The summed E-state index contributed by atoms with van der Waals surface area (Å²) < 4.78 is 60.5. The van der Waals surface area contributed by atoms with Crippen LogP contribution >= 0.6 is 22.7 Å². The average Bonchev–Trinajstić information content (AvgIpc) is 3.38. The van der Waals surface area contributed by atoms with Gasteiger partial charge in [0.15, 0.2) is 11.6 Å². The number of benzene rings is 8. The van der Waals surface area contributed by atoms with Gasteiger partial charge in [0.2, 0.25) is 0 Å². The molecule has 0 fully saturated rings. The summed E-state index contributed by atoms with van der Waals surface area (Å²) in [5.41, 5.74) is 6.46. The molecule has 1 aliphatic heterocycles. The van der Waals surface area contributed by atoms with Crippen molar-refractivity contribution in [1.29, 1.82) is 0 Å². The lowest BCUT2D eigenvalue weighted by Crippen LogP contribution is -2.21. The number of nitrogens with zero attached hydrogens (tertiary/aromatic N) is 3. The highest BCUT2D eigenvalue weighted by Gasteiger charge is 2.48. The maximum absolute atomic E-state index is 7.39. The molecule has 0 bridgehead atoms. The second-order valence-electron chi connectivity index (χ2n) is 19.0. The molecule has 0 saturated carbocycles. The van der Waals surface area contributed by atoms with Crippen molar-refractivity contribution in [2.24, 2.45) is 14.0 Å². The third kappa shape index (κ3) is 11.3. The van der Waals surface area contributed by atoms with Crippen molar-refractivity contribution in [3.8, 4) is 34.5 Å². The van der Waals surface area contributed by atoms with Crippen molar-refractivity contribution in [2.45, 2.75) is 77.8 Å². The predicted molar refractivity (Wildman–Crippen MR) is 296 cm³/mol. The number of para-hydroxylation sites is 4. The van der Waals surface area contributed by atoms with Gasteiger partial charge in [0.1, 0.15) is 34.5 Å². The zero-order valence-electron chi connectivity index (χ0n) is 42.1. The number of hydrogen-bond donors (Lipinski definition) is 0. The molecule has 0 spiro atoms. The molecule has 1 heterocycles. The van der Waals surface area contributed by atoms with Gasteiger partial charge in [-0.15, -0.1) is 4.52 Å². The molecular formula is C60H62N3O6P3. The van der Waals surface area contributed by atoms with Crippen LogP contribution in [-0.4, -0.2) is 11.6 Å². The zero-order valence-corrected chi connectivity index (χ0v) is 44.8. The van der Waals surface area contributed by atoms with Crippen LogP contribution in [0.2, 0.25) is 0 Å². The van der Waals surface area contributed by atoms with Crippen molar-refractivity contribution in [3.63, 3.8) is 0 Å². The van der Waals surface area contributed by atoms with Crippen LogP contribution in [-0.2, 0) is 10.8 Å². The van der Waals surface area contributed by atoms with E-state index in [1.165, 1.54) is 22.3 Å². The third-order valence-electron chi connectivity index (χ3n) is 12.9. The maximum atomic E-state index is 7.39. The molecule has 0 amide bonds. The lowest BCUT2D eigenvalue weighted by Gasteiger charge is -2.37. The minimum atomic E-state index is -3.97. The molecule has 8 aromatic carbocycles. The molecule has 0 saturated heterocycles. The van der Waals surface area contributed by atoms with Gasteiger partial charge < -0.3 is 27.1 Å². The van der Waals surface area contributed by atoms with E-state index in [1.54, 1.807) is 0 Å². The average molecular weight is 1010 g/mol. The van der Waals surface area contributed by atoms with Gasteiger partial charge in [0, 0.05) is 10.8 Å². The molecule has 9 rings (SSSR count). The molecule has 4 atom stereocenters. The summed E-state index contributed by atoms with van der Waals surface area (Å²) in [7, 11) is -11.5. The molecule has 72 heavy (non-hydrogen) atoms. The monoisotopic (exact) mass is 1010 g/mol. The van der Waals surface area contributed by atoms with Crippen LogP contribution in [0.15, 0.2) is 232 Å². The summed E-state index contributed by atoms with van der Waals surface area (Å²) in [5, 5.41) is 0. The van der Waals surface area contributed by atoms with E-state index in [0.29, 0.717) is 34.5 Å². The largest absolute Gasteiger partial charge is 0.449 e. The smallest absolute Gasteiger partial charge is 0.429 e. The van der Waals surface area contributed by atoms with Crippen LogP contribution in [0.5, 0.6) is 34.5 Å². The molecule has 1 aliphatic rings.